The number of nitrogens with zero attached hydrogens (tertiary/aromatic N) is 1. The lowest BCUT2D eigenvalue weighted by Gasteiger charge is -2.38. The van der Waals surface area contributed by atoms with Gasteiger partial charge in [-0.1, -0.05) is 23.7 Å². The van der Waals surface area contributed by atoms with Crippen LogP contribution < -0.4 is 0 Å². The van der Waals surface area contributed by atoms with E-state index in [0.29, 0.717) is 48.8 Å². The van der Waals surface area contributed by atoms with E-state index < -0.39 is 5.60 Å². The molecule has 0 saturated carbocycles. The molecule has 30 heavy (non-hydrogen) atoms. The second-order valence-corrected chi connectivity index (χ2v) is 9.03. The summed E-state index contributed by atoms with van der Waals surface area (Å²) in [7, 11) is 0. The average Bonchev–Trinajstić information content (AvgIpc) is 2.74. The summed E-state index contributed by atoms with van der Waals surface area (Å²) >= 11 is 7.39. The number of hydrogen-bond donors (Lipinski definition) is 2. The van der Waals surface area contributed by atoms with E-state index in [1.165, 1.54) is 36.0 Å². The summed E-state index contributed by atoms with van der Waals surface area (Å²) in [5.74, 6) is -0.0811. The summed E-state index contributed by atoms with van der Waals surface area (Å²) < 4.78 is 13.1. The Kier molecular flexibility index (Phi) is 8.08. The number of thioether (sulfide) groups is 1. The minimum atomic E-state index is -0.882. The molecule has 0 aromatic heterocycles. The van der Waals surface area contributed by atoms with Crippen LogP contribution in [0.5, 0.6) is 0 Å². The first-order valence-corrected chi connectivity index (χ1v) is 11.2. The Bertz CT molecular complexity index is 878. The quantitative estimate of drug-likeness (QED) is 0.466. The normalized spacial score (nSPS) is 17.1. The molecule has 0 radical (unpaired) electrons. The molecule has 7 heteroatoms. The van der Waals surface area contributed by atoms with E-state index in [9.17, 15) is 19.4 Å². The number of ketones is 1. The predicted octanol–water partition coefficient (Wildman–Crippen LogP) is 4.25. The number of piperidine rings is 1. The van der Waals surface area contributed by atoms with Crippen molar-refractivity contribution >= 4 is 29.1 Å². The van der Waals surface area contributed by atoms with Crippen LogP contribution >= 0.6 is 23.4 Å². The van der Waals surface area contributed by atoms with Crippen molar-refractivity contribution in [2.45, 2.75) is 18.4 Å². The molecule has 2 aromatic carbocycles. The van der Waals surface area contributed by atoms with Crippen molar-refractivity contribution in [1.82, 2.24) is 4.90 Å². The zero-order chi connectivity index (χ0) is 21.6. The van der Waals surface area contributed by atoms with Gasteiger partial charge < -0.3 is 10.2 Å². The zero-order valence-electron chi connectivity index (χ0n) is 16.6. The molecule has 4 nitrogen and oxygen atoms in total. The molecule has 1 heterocycles. The van der Waals surface area contributed by atoms with E-state index in [1.54, 1.807) is 18.2 Å². The van der Waals surface area contributed by atoms with Crippen molar-refractivity contribution in [3.63, 3.8) is 0 Å². The number of allylic oxidation sites excluding steroid dienone is 1. The molecule has 1 aliphatic rings. The van der Waals surface area contributed by atoms with Crippen LogP contribution in [0, 0.1) is 5.82 Å². The molecular weight excluding hydrogens is 425 g/mol. The molecule has 0 spiro atoms. The van der Waals surface area contributed by atoms with Gasteiger partial charge in [0.2, 0.25) is 0 Å². The van der Waals surface area contributed by atoms with Gasteiger partial charge >= 0.3 is 0 Å². The van der Waals surface area contributed by atoms with Gasteiger partial charge in [-0.15, -0.1) is 11.8 Å². The summed E-state index contributed by atoms with van der Waals surface area (Å²) in [6.07, 6.45) is 2.73. The molecule has 0 atom stereocenters. The molecular formula is C23H25ClFNO3S. The minimum absolute atomic E-state index is 0.0169. The second kappa shape index (κ2) is 10.6. The summed E-state index contributed by atoms with van der Waals surface area (Å²) in [5.41, 5.74) is 0.408. The lowest BCUT2D eigenvalue weighted by atomic mass is 9.84. The molecule has 0 aliphatic carbocycles. The number of aliphatic hydroxyl groups is 2. The van der Waals surface area contributed by atoms with Gasteiger partial charge in [0.05, 0.1) is 12.2 Å². The van der Waals surface area contributed by atoms with E-state index in [4.69, 9.17) is 11.6 Å². The van der Waals surface area contributed by atoms with Crippen LogP contribution in [0.3, 0.4) is 0 Å². The van der Waals surface area contributed by atoms with Crippen LogP contribution in [0.1, 0.15) is 28.8 Å². The van der Waals surface area contributed by atoms with Crippen LogP contribution in [0.15, 0.2) is 59.5 Å². The van der Waals surface area contributed by atoms with E-state index in [-0.39, 0.29) is 18.2 Å². The SMILES string of the molecule is O=C(/C=C(/CN1CCC(O)(c2ccc(Cl)cc2)CC1)SCCO)c1ccc(F)cc1. The molecule has 160 valence electrons. The zero-order valence-corrected chi connectivity index (χ0v) is 18.1. The Morgan fingerprint density at radius 1 is 1.13 bits per heavy atom. The standard InChI is InChI=1S/C23H25ClFNO3S/c24-19-5-3-18(4-6-19)23(29)9-11-26(12-10-23)16-21(30-14-13-27)15-22(28)17-1-7-20(25)8-2-17/h1-8,15,27,29H,9-14,16H2/b21-15-. The van der Waals surface area contributed by atoms with Gasteiger partial charge in [-0.25, -0.2) is 4.39 Å². The third kappa shape index (κ3) is 6.15. The highest BCUT2D eigenvalue weighted by Gasteiger charge is 2.34. The van der Waals surface area contributed by atoms with Gasteiger partial charge in [0.15, 0.2) is 5.78 Å². The Balaban J connectivity index is 1.65. The van der Waals surface area contributed by atoms with Crippen molar-refractivity contribution in [2.24, 2.45) is 0 Å². The summed E-state index contributed by atoms with van der Waals surface area (Å²) in [4.78, 5) is 15.6. The fourth-order valence-electron chi connectivity index (χ4n) is 3.50. The molecule has 0 amide bonds. The Morgan fingerprint density at radius 3 is 2.37 bits per heavy atom. The highest BCUT2D eigenvalue weighted by atomic mass is 35.5. The fraction of sp³-hybridized carbons (Fsp3) is 0.348. The van der Waals surface area contributed by atoms with Crippen LogP contribution in [-0.2, 0) is 5.60 Å². The van der Waals surface area contributed by atoms with Crippen molar-refractivity contribution in [3.05, 3.63) is 81.5 Å². The summed E-state index contributed by atoms with van der Waals surface area (Å²) in [6.45, 7) is 1.94. The molecule has 2 aromatic rings. The van der Waals surface area contributed by atoms with E-state index in [1.807, 2.05) is 12.1 Å². The highest BCUT2D eigenvalue weighted by Crippen LogP contribution is 2.34. The summed E-state index contributed by atoms with van der Waals surface area (Å²) in [5, 5.41) is 20.9. The first kappa shape index (κ1) is 23.0. The minimum Gasteiger partial charge on any atom is -0.396 e. The highest BCUT2D eigenvalue weighted by molar-refractivity contribution is 8.03. The first-order chi connectivity index (χ1) is 14.4. The molecule has 0 bridgehead atoms. The van der Waals surface area contributed by atoms with Gasteiger partial charge in [-0.05, 0) is 60.9 Å². The molecule has 2 N–H and O–H groups in total. The van der Waals surface area contributed by atoms with Gasteiger partial charge in [-0.2, -0.15) is 0 Å². The van der Waals surface area contributed by atoms with E-state index >= 15 is 0 Å². The largest absolute Gasteiger partial charge is 0.396 e. The van der Waals surface area contributed by atoms with Crippen LogP contribution in [-0.4, -0.2) is 52.9 Å². The maximum absolute atomic E-state index is 13.1. The van der Waals surface area contributed by atoms with Gasteiger partial charge in [0, 0.05) is 40.9 Å². The molecule has 1 fully saturated rings. The van der Waals surface area contributed by atoms with Gasteiger partial charge in [0.25, 0.3) is 0 Å². The van der Waals surface area contributed by atoms with Crippen LogP contribution in [0.25, 0.3) is 0 Å². The number of aliphatic hydroxyl groups excluding tert-OH is 1. The topological polar surface area (TPSA) is 60.8 Å². The van der Waals surface area contributed by atoms with E-state index in [0.717, 1.165) is 10.5 Å². The molecule has 0 unspecified atom stereocenters. The second-order valence-electron chi connectivity index (χ2n) is 7.37. The lowest BCUT2D eigenvalue weighted by molar-refractivity contribution is -0.0235. The number of rotatable bonds is 8. The predicted molar refractivity (Wildman–Crippen MR) is 119 cm³/mol. The molecule has 3 rings (SSSR count). The van der Waals surface area contributed by atoms with Crippen LogP contribution in [0.2, 0.25) is 5.02 Å². The Labute approximate surface area is 185 Å². The first-order valence-electron chi connectivity index (χ1n) is 9.84. The van der Waals surface area contributed by atoms with Gasteiger partial charge in [0.1, 0.15) is 5.82 Å². The molecule has 1 aliphatic heterocycles. The third-order valence-electron chi connectivity index (χ3n) is 5.24. The number of likely N-dealkylation sites (tertiary alicyclic amines) is 1. The number of carbonyl (C=O) groups is 1. The fourth-order valence-corrected chi connectivity index (χ4v) is 4.45. The number of hydrogen-bond acceptors (Lipinski definition) is 5. The average molecular weight is 450 g/mol. The molecule has 1 saturated heterocycles. The van der Waals surface area contributed by atoms with Crippen molar-refractivity contribution in [2.75, 3.05) is 32.0 Å². The third-order valence-corrected chi connectivity index (χ3v) is 6.50. The van der Waals surface area contributed by atoms with Crippen molar-refractivity contribution < 1.29 is 19.4 Å². The number of benzene rings is 2. The maximum Gasteiger partial charge on any atom is 0.186 e. The lowest BCUT2D eigenvalue weighted by Crippen LogP contribution is -2.43. The number of carbonyl (C=O) groups excluding carboxylic acids is 1. The summed E-state index contributed by atoms with van der Waals surface area (Å²) in [6, 6.07) is 12.8. The van der Waals surface area contributed by atoms with Crippen molar-refractivity contribution in [3.8, 4) is 0 Å². The maximum atomic E-state index is 13.1. The smallest absolute Gasteiger partial charge is 0.186 e. The monoisotopic (exact) mass is 449 g/mol. The Morgan fingerprint density at radius 2 is 1.77 bits per heavy atom. The van der Waals surface area contributed by atoms with Gasteiger partial charge in [-0.3, -0.25) is 9.69 Å². The van der Waals surface area contributed by atoms with Crippen LogP contribution in [0.4, 0.5) is 4.39 Å². The Hall–Kier alpha value is -1.70. The number of halogens is 2. The van der Waals surface area contributed by atoms with E-state index in [2.05, 4.69) is 4.90 Å². The van der Waals surface area contributed by atoms with Crippen molar-refractivity contribution in [1.29, 1.82) is 0 Å².